The van der Waals surface area contributed by atoms with Crippen molar-refractivity contribution in [3.8, 4) is 0 Å². The molecule has 2 aliphatic rings. The topological polar surface area (TPSA) is 21.6 Å². The Balaban J connectivity index is 1.84. The van der Waals surface area contributed by atoms with E-state index in [0.29, 0.717) is 12.1 Å². The van der Waals surface area contributed by atoms with E-state index in [1.807, 2.05) is 18.2 Å². The maximum Gasteiger partial charge on any atom is 0.216 e. The van der Waals surface area contributed by atoms with Crippen LogP contribution in [0.5, 0.6) is 0 Å². The molecule has 0 aromatic heterocycles. The van der Waals surface area contributed by atoms with E-state index in [1.54, 1.807) is 0 Å². The predicted octanol–water partition coefficient (Wildman–Crippen LogP) is 2.77. The van der Waals surface area contributed by atoms with Crippen LogP contribution in [0.25, 0.3) is 0 Å². The minimum atomic E-state index is 0.356. The number of hydrogen-bond acceptors (Lipinski definition) is 2. The second-order valence-corrected chi connectivity index (χ2v) is 4.31. The molecule has 0 spiro atoms. The molecule has 1 fully saturated rings. The maximum absolute atomic E-state index is 5.90. The third-order valence-corrected chi connectivity index (χ3v) is 3.23. The van der Waals surface area contributed by atoms with Crippen molar-refractivity contribution in [2.24, 2.45) is 4.99 Å². The highest BCUT2D eigenvalue weighted by molar-refractivity contribution is 5.95. The molecule has 1 aromatic carbocycles. The summed E-state index contributed by atoms with van der Waals surface area (Å²) in [5.74, 6) is 0.854. The number of aliphatic imine (C=N–C) groups is 1. The molecule has 2 nitrogen and oxygen atoms in total. The predicted molar refractivity (Wildman–Crippen MR) is 60.1 cm³/mol. The average Bonchev–Trinajstić information content (AvgIpc) is 2.74. The van der Waals surface area contributed by atoms with Crippen LogP contribution in [0, 0.1) is 0 Å². The Labute approximate surface area is 90.0 Å². The van der Waals surface area contributed by atoms with Crippen LogP contribution in [0.2, 0.25) is 0 Å². The zero-order valence-electron chi connectivity index (χ0n) is 8.73. The Morgan fingerprint density at radius 1 is 1.07 bits per heavy atom. The fourth-order valence-corrected chi connectivity index (χ4v) is 2.41. The monoisotopic (exact) mass is 201 g/mol. The minimum absolute atomic E-state index is 0.356. The van der Waals surface area contributed by atoms with Crippen molar-refractivity contribution in [3.05, 3.63) is 35.9 Å². The molecule has 78 valence electrons. The van der Waals surface area contributed by atoms with Gasteiger partial charge in [-0.05, 0) is 31.4 Å². The summed E-state index contributed by atoms with van der Waals surface area (Å²) in [5, 5.41) is 0. The van der Waals surface area contributed by atoms with E-state index in [2.05, 4.69) is 17.1 Å². The molecule has 0 N–H and O–H groups in total. The lowest BCUT2D eigenvalue weighted by molar-refractivity contribution is 0.153. The van der Waals surface area contributed by atoms with Crippen LogP contribution in [0.1, 0.15) is 31.2 Å². The van der Waals surface area contributed by atoms with Gasteiger partial charge in [-0.2, -0.15) is 0 Å². The van der Waals surface area contributed by atoms with Gasteiger partial charge in [-0.1, -0.05) is 24.6 Å². The molecular formula is C13H15NO. The molecule has 0 amide bonds. The Morgan fingerprint density at radius 3 is 2.67 bits per heavy atom. The summed E-state index contributed by atoms with van der Waals surface area (Å²) in [5.41, 5.74) is 1.12. The maximum atomic E-state index is 5.90. The van der Waals surface area contributed by atoms with Gasteiger partial charge in [-0.3, -0.25) is 0 Å². The first kappa shape index (κ1) is 8.96. The van der Waals surface area contributed by atoms with Gasteiger partial charge in [-0.15, -0.1) is 0 Å². The highest BCUT2D eigenvalue weighted by atomic mass is 16.5. The van der Waals surface area contributed by atoms with E-state index in [1.165, 1.54) is 25.7 Å². The van der Waals surface area contributed by atoms with Crippen LogP contribution < -0.4 is 0 Å². The molecule has 1 aliphatic heterocycles. The van der Waals surface area contributed by atoms with E-state index in [-0.39, 0.29) is 0 Å². The zero-order chi connectivity index (χ0) is 10.1. The summed E-state index contributed by atoms with van der Waals surface area (Å²) in [6.07, 6.45) is 5.31. The third kappa shape index (κ3) is 1.65. The average molecular weight is 201 g/mol. The molecular weight excluding hydrogens is 186 g/mol. The minimum Gasteiger partial charge on any atom is -0.472 e. The molecule has 1 heterocycles. The lowest BCUT2D eigenvalue weighted by Gasteiger charge is -2.21. The molecule has 0 saturated heterocycles. The third-order valence-electron chi connectivity index (χ3n) is 3.23. The Hall–Kier alpha value is -1.31. The van der Waals surface area contributed by atoms with E-state index < -0.39 is 0 Å². The van der Waals surface area contributed by atoms with Crippen LogP contribution in [-0.4, -0.2) is 18.0 Å². The lowest BCUT2D eigenvalue weighted by atomic mass is 9.94. The summed E-state index contributed by atoms with van der Waals surface area (Å²) >= 11 is 0. The van der Waals surface area contributed by atoms with E-state index in [4.69, 9.17) is 4.74 Å². The van der Waals surface area contributed by atoms with Gasteiger partial charge in [0, 0.05) is 5.56 Å². The summed E-state index contributed by atoms with van der Waals surface area (Å²) < 4.78 is 5.90. The van der Waals surface area contributed by atoms with Crippen LogP contribution in [-0.2, 0) is 4.74 Å². The fourth-order valence-electron chi connectivity index (χ4n) is 2.41. The summed E-state index contributed by atoms with van der Waals surface area (Å²) in [6, 6.07) is 10.6. The van der Waals surface area contributed by atoms with Gasteiger partial charge in [0.15, 0.2) is 0 Å². The Bertz CT molecular complexity index is 371. The molecule has 1 aromatic rings. The standard InChI is InChI=1S/C13H15NO/c1-2-6-10(7-3-1)13-14-11-8-4-5-9-12(11)15-13/h1-3,6-7,11-12H,4-5,8-9H2. The van der Waals surface area contributed by atoms with Crippen molar-refractivity contribution in [2.75, 3.05) is 0 Å². The number of nitrogens with zero attached hydrogens (tertiary/aromatic N) is 1. The SMILES string of the molecule is c1ccc(C2=NC3CCCCC3O2)cc1. The van der Waals surface area contributed by atoms with Gasteiger partial charge in [0.1, 0.15) is 6.10 Å². The number of rotatable bonds is 1. The highest BCUT2D eigenvalue weighted by Gasteiger charge is 2.33. The highest BCUT2D eigenvalue weighted by Crippen LogP contribution is 2.29. The van der Waals surface area contributed by atoms with Gasteiger partial charge in [0.05, 0.1) is 6.04 Å². The van der Waals surface area contributed by atoms with Crippen LogP contribution in [0.15, 0.2) is 35.3 Å². The first-order valence-electron chi connectivity index (χ1n) is 5.73. The van der Waals surface area contributed by atoms with Crippen molar-refractivity contribution in [1.29, 1.82) is 0 Å². The zero-order valence-corrected chi connectivity index (χ0v) is 8.73. The van der Waals surface area contributed by atoms with Crippen molar-refractivity contribution in [2.45, 2.75) is 37.8 Å². The number of benzene rings is 1. The smallest absolute Gasteiger partial charge is 0.216 e. The van der Waals surface area contributed by atoms with Crippen molar-refractivity contribution >= 4 is 5.90 Å². The number of hydrogen-bond donors (Lipinski definition) is 0. The number of ether oxygens (including phenoxy) is 1. The molecule has 1 saturated carbocycles. The molecule has 2 unspecified atom stereocenters. The largest absolute Gasteiger partial charge is 0.472 e. The lowest BCUT2D eigenvalue weighted by Crippen LogP contribution is -2.26. The molecule has 15 heavy (non-hydrogen) atoms. The van der Waals surface area contributed by atoms with Gasteiger partial charge < -0.3 is 4.74 Å². The van der Waals surface area contributed by atoms with Crippen molar-refractivity contribution < 1.29 is 4.74 Å². The first-order chi connectivity index (χ1) is 7.43. The molecule has 2 heteroatoms. The molecule has 3 rings (SSSR count). The second-order valence-electron chi connectivity index (χ2n) is 4.31. The van der Waals surface area contributed by atoms with Crippen LogP contribution in [0.3, 0.4) is 0 Å². The van der Waals surface area contributed by atoms with Crippen molar-refractivity contribution in [1.82, 2.24) is 0 Å². The summed E-state index contributed by atoms with van der Waals surface area (Å²) in [7, 11) is 0. The fraction of sp³-hybridized carbons (Fsp3) is 0.462. The van der Waals surface area contributed by atoms with Crippen LogP contribution >= 0.6 is 0 Å². The van der Waals surface area contributed by atoms with E-state index >= 15 is 0 Å². The molecule has 2 atom stereocenters. The quantitative estimate of drug-likeness (QED) is 0.684. The Morgan fingerprint density at radius 2 is 1.87 bits per heavy atom. The van der Waals surface area contributed by atoms with Crippen molar-refractivity contribution in [3.63, 3.8) is 0 Å². The first-order valence-corrected chi connectivity index (χ1v) is 5.73. The van der Waals surface area contributed by atoms with Gasteiger partial charge >= 0.3 is 0 Å². The molecule has 0 radical (unpaired) electrons. The van der Waals surface area contributed by atoms with E-state index in [9.17, 15) is 0 Å². The molecule has 0 bridgehead atoms. The second kappa shape index (κ2) is 3.69. The van der Waals surface area contributed by atoms with Gasteiger partial charge in [0.25, 0.3) is 0 Å². The number of fused-ring (bicyclic) bond motifs is 1. The van der Waals surface area contributed by atoms with E-state index in [0.717, 1.165) is 11.5 Å². The normalized spacial score (nSPS) is 29.2. The summed E-state index contributed by atoms with van der Waals surface area (Å²) in [4.78, 5) is 4.67. The van der Waals surface area contributed by atoms with Gasteiger partial charge in [-0.25, -0.2) is 4.99 Å². The van der Waals surface area contributed by atoms with Gasteiger partial charge in [0.2, 0.25) is 5.90 Å². The van der Waals surface area contributed by atoms with Crippen LogP contribution in [0.4, 0.5) is 0 Å². The summed E-state index contributed by atoms with van der Waals surface area (Å²) in [6.45, 7) is 0. The molecule has 1 aliphatic carbocycles. The Kier molecular flexibility index (Phi) is 2.20.